The molecule has 0 aromatic carbocycles. The second-order valence-corrected chi connectivity index (χ2v) is 3.72. The fourth-order valence-electron chi connectivity index (χ4n) is 0.173. The monoisotopic (exact) mass is 189 g/mol. The van der Waals surface area contributed by atoms with Crippen molar-refractivity contribution in [1.82, 2.24) is 0 Å². The van der Waals surface area contributed by atoms with Crippen molar-refractivity contribution in [2.75, 3.05) is 14.2 Å². The molecule has 0 aliphatic heterocycles. The van der Waals surface area contributed by atoms with Gasteiger partial charge in [-0.05, 0) is 0 Å². The van der Waals surface area contributed by atoms with E-state index in [1.54, 1.807) is 0 Å². The predicted molar refractivity (Wildman–Crippen MR) is 37.9 cm³/mol. The molecular weight excluding hydrogens is 183 g/mol. The molecule has 0 rings (SSSR count). The molecule has 0 saturated heterocycles. The van der Waals surface area contributed by atoms with Gasteiger partial charge < -0.3 is 0 Å². The van der Waals surface area contributed by atoms with Gasteiger partial charge in [0.15, 0.2) is 0 Å². The van der Waals surface area contributed by atoms with E-state index in [0.717, 1.165) is 0 Å². The first-order chi connectivity index (χ1) is 4.18. The summed E-state index contributed by atoms with van der Waals surface area (Å²) in [6.45, 7) is 0. The summed E-state index contributed by atoms with van der Waals surface area (Å²) >= 11 is 4.82. The van der Waals surface area contributed by atoms with Crippen LogP contribution in [0, 0.1) is 0 Å². The van der Waals surface area contributed by atoms with Gasteiger partial charge in [0.05, 0.1) is 11.1 Å². The van der Waals surface area contributed by atoms with Gasteiger partial charge in [-0.3, -0.25) is 9.05 Å². The summed E-state index contributed by atoms with van der Waals surface area (Å²) < 4.78 is 23.9. The van der Waals surface area contributed by atoms with Crippen LogP contribution >= 0.6 is 30.6 Å². The van der Waals surface area contributed by atoms with Crippen molar-refractivity contribution >= 4 is 30.6 Å². The summed E-state index contributed by atoms with van der Waals surface area (Å²) in [7, 11) is -0.886. The van der Waals surface area contributed by atoms with Crippen molar-refractivity contribution in [2.24, 2.45) is 0 Å². The smallest absolute Gasteiger partial charge is 0.290 e. The standard InChI is InChI=1S/C2H6O4PS2/c1-4-7(3,5-2)6-9-8/h1-2H3. The van der Waals surface area contributed by atoms with Crippen molar-refractivity contribution in [3.63, 3.8) is 0 Å². The van der Waals surface area contributed by atoms with Crippen molar-refractivity contribution in [1.29, 1.82) is 0 Å². The van der Waals surface area contributed by atoms with E-state index < -0.39 is 7.82 Å². The van der Waals surface area contributed by atoms with E-state index in [9.17, 15) is 4.57 Å². The molecule has 0 aromatic heterocycles. The Morgan fingerprint density at radius 3 is 2.00 bits per heavy atom. The third-order valence-electron chi connectivity index (χ3n) is 0.569. The second-order valence-electron chi connectivity index (χ2n) is 0.955. The first kappa shape index (κ1) is 9.81. The highest BCUT2D eigenvalue weighted by Gasteiger charge is 2.22. The van der Waals surface area contributed by atoms with E-state index in [1.807, 2.05) is 0 Å². The van der Waals surface area contributed by atoms with Crippen molar-refractivity contribution in [3.8, 4) is 0 Å². The summed E-state index contributed by atoms with van der Waals surface area (Å²) in [6, 6.07) is 0. The molecule has 9 heavy (non-hydrogen) atoms. The Balaban J connectivity index is 3.78. The average molecular weight is 189 g/mol. The highest BCUT2D eigenvalue weighted by Crippen LogP contribution is 2.51. The quantitative estimate of drug-likeness (QED) is 0.385. The molecule has 0 aliphatic carbocycles. The maximum absolute atomic E-state index is 10.8. The SMILES string of the molecule is COP(=O)(OC)OS[S]. The van der Waals surface area contributed by atoms with Crippen LogP contribution in [0.2, 0.25) is 0 Å². The number of hydrogen-bond acceptors (Lipinski definition) is 5. The molecule has 0 unspecified atom stereocenters. The van der Waals surface area contributed by atoms with Crippen LogP contribution in [0.15, 0.2) is 0 Å². The molecule has 4 nitrogen and oxygen atoms in total. The minimum atomic E-state index is -3.32. The van der Waals surface area contributed by atoms with Crippen LogP contribution in [-0.2, 0) is 17.6 Å². The molecule has 0 aromatic rings. The van der Waals surface area contributed by atoms with Gasteiger partial charge in [0.2, 0.25) is 0 Å². The number of phosphoric acid groups is 1. The number of rotatable bonds is 4. The Morgan fingerprint density at radius 2 is 1.89 bits per heavy atom. The Morgan fingerprint density at radius 1 is 1.44 bits per heavy atom. The van der Waals surface area contributed by atoms with E-state index in [4.69, 9.17) is 0 Å². The molecule has 0 fully saturated rings. The molecule has 7 heteroatoms. The molecule has 1 radical (unpaired) electrons. The zero-order valence-electron chi connectivity index (χ0n) is 4.90. The highest BCUT2D eigenvalue weighted by atomic mass is 33.1. The van der Waals surface area contributed by atoms with Gasteiger partial charge in [-0.2, -0.15) is 0 Å². The lowest BCUT2D eigenvalue weighted by Gasteiger charge is -2.08. The molecule has 0 N–H and O–H groups in total. The lowest BCUT2D eigenvalue weighted by molar-refractivity contribution is 0.222. The van der Waals surface area contributed by atoms with E-state index in [2.05, 4.69) is 24.7 Å². The predicted octanol–water partition coefficient (Wildman–Crippen LogP) is 2.16. The van der Waals surface area contributed by atoms with Crippen LogP contribution in [-0.4, -0.2) is 14.2 Å². The molecule has 0 heterocycles. The van der Waals surface area contributed by atoms with Gasteiger partial charge in [-0.15, -0.1) is 0 Å². The van der Waals surface area contributed by atoms with Crippen LogP contribution in [0.1, 0.15) is 0 Å². The van der Waals surface area contributed by atoms with E-state index >= 15 is 0 Å². The van der Waals surface area contributed by atoms with Crippen LogP contribution in [0.3, 0.4) is 0 Å². The van der Waals surface area contributed by atoms with Crippen molar-refractivity contribution in [2.45, 2.75) is 0 Å². The Bertz CT molecular complexity index is 109. The second kappa shape index (κ2) is 4.60. The van der Waals surface area contributed by atoms with Gasteiger partial charge in [0.25, 0.3) is 0 Å². The summed E-state index contributed by atoms with van der Waals surface area (Å²) in [6.07, 6.45) is 0. The minimum Gasteiger partial charge on any atom is -0.290 e. The van der Waals surface area contributed by atoms with E-state index in [1.165, 1.54) is 14.2 Å². The van der Waals surface area contributed by atoms with Gasteiger partial charge in [0, 0.05) is 25.9 Å². The molecule has 0 spiro atoms. The van der Waals surface area contributed by atoms with Crippen LogP contribution in [0.25, 0.3) is 0 Å². The normalized spacial score (nSPS) is 11.9. The minimum absolute atomic E-state index is 0.528. The van der Waals surface area contributed by atoms with Crippen molar-refractivity contribution in [3.05, 3.63) is 0 Å². The summed E-state index contributed by atoms with van der Waals surface area (Å²) in [4.78, 5) is 0. The first-order valence-electron chi connectivity index (χ1n) is 1.88. The maximum Gasteiger partial charge on any atom is 0.486 e. The van der Waals surface area contributed by atoms with Crippen LogP contribution in [0.4, 0.5) is 0 Å². The van der Waals surface area contributed by atoms with Gasteiger partial charge in [0.1, 0.15) is 0 Å². The Labute approximate surface area is 62.9 Å². The van der Waals surface area contributed by atoms with Gasteiger partial charge in [-0.1, -0.05) is 0 Å². The van der Waals surface area contributed by atoms with Crippen LogP contribution < -0.4 is 0 Å². The Hall–Kier alpha value is 0.810. The molecular formula is C2H6O4PS2. The lowest BCUT2D eigenvalue weighted by Crippen LogP contribution is -1.86. The zero-order chi connectivity index (χ0) is 7.33. The fraction of sp³-hybridized carbons (Fsp3) is 1.00. The molecule has 0 bridgehead atoms. The third-order valence-corrected chi connectivity index (χ3v) is 2.98. The third kappa shape index (κ3) is 3.50. The number of phosphoric ester groups is 1. The summed E-state index contributed by atoms with van der Waals surface area (Å²) in [5, 5.41) is 0. The fourth-order valence-corrected chi connectivity index (χ4v) is 1.78. The van der Waals surface area contributed by atoms with Crippen LogP contribution in [0.5, 0.6) is 0 Å². The molecule has 0 aliphatic rings. The lowest BCUT2D eigenvalue weighted by atomic mass is 11.8. The maximum atomic E-state index is 10.8. The topological polar surface area (TPSA) is 44.8 Å². The molecule has 0 saturated carbocycles. The van der Waals surface area contributed by atoms with Gasteiger partial charge >= 0.3 is 7.82 Å². The highest BCUT2D eigenvalue weighted by molar-refractivity contribution is 8.67. The van der Waals surface area contributed by atoms with E-state index in [-0.39, 0.29) is 0 Å². The zero-order valence-corrected chi connectivity index (χ0v) is 7.42. The summed E-state index contributed by atoms with van der Waals surface area (Å²) in [5.74, 6) is 0. The van der Waals surface area contributed by atoms with Crippen molar-refractivity contribution < 1.29 is 17.6 Å². The average Bonchev–Trinajstić information content (AvgIpc) is 1.89. The molecule has 55 valence electrons. The first-order valence-corrected chi connectivity index (χ1v) is 5.01. The largest absolute Gasteiger partial charge is 0.486 e. The molecule has 0 atom stereocenters. The van der Waals surface area contributed by atoms with Gasteiger partial charge in [-0.25, -0.2) is 8.54 Å². The molecule has 0 amide bonds. The van der Waals surface area contributed by atoms with E-state index in [0.29, 0.717) is 11.1 Å². The Kier molecular flexibility index (Phi) is 5.01. The summed E-state index contributed by atoms with van der Waals surface area (Å²) in [5.41, 5.74) is 0. The number of hydrogen-bond donors (Lipinski definition) is 0.